The molecule has 9 heteroatoms. The topological polar surface area (TPSA) is 98.5 Å². The highest BCUT2D eigenvalue weighted by molar-refractivity contribution is 7.91. The number of nitro benzene ring substituents is 1. The van der Waals surface area contributed by atoms with Crippen LogP contribution in [-0.2, 0) is 16.4 Å². The lowest BCUT2D eigenvalue weighted by Gasteiger charge is -2.10. The number of nitro groups is 1. The molecule has 0 radical (unpaired) electrons. The van der Waals surface area contributed by atoms with Crippen molar-refractivity contribution in [3.8, 4) is 11.5 Å². The Morgan fingerprint density at radius 1 is 1.19 bits per heavy atom. The molecule has 0 fully saturated rings. The van der Waals surface area contributed by atoms with E-state index in [2.05, 4.69) is 5.32 Å². The molecule has 2 aromatic rings. The second kappa shape index (κ2) is 8.98. The number of hydrogen-bond donors (Lipinski definition) is 1. The van der Waals surface area contributed by atoms with Crippen molar-refractivity contribution >= 4 is 27.1 Å². The molecule has 0 saturated carbocycles. The van der Waals surface area contributed by atoms with Gasteiger partial charge in [-0.2, -0.15) is 0 Å². The van der Waals surface area contributed by atoms with Crippen LogP contribution < -0.4 is 10.1 Å². The Kier molecular flexibility index (Phi) is 6.96. The number of rotatable bonds is 9. The predicted molar refractivity (Wildman–Crippen MR) is 101 cm³/mol. The van der Waals surface area contributed by atoms with E-state index in [4.69, 9.17) is 16.3 Å². The van der Waals surface area contributed by atoms with Crippen LogP contribution in [-0.4, -0.2) is 31.4 Å². The molecule has 0 heterocycles. The van der Waals surface area contributed by atoms with Gasteiger partial charge in [-0.05, 0) is 23.8 Å². The first kappa shape index (κ1) is 20.2. The van der Waals surface area contributed by atoms with Crippen molar-refractivity contribution in [1.29, 1.82) is 0 Å². The molecular formula is C17H19ClN2O5S. The second-order valence-electron chi connectivity index (χ2n) is 5.50. The third-order valence-electron chi connectivity index (χ3n) is 3.64. The van der Waals surface area contributed by atoms with Crippen molar-refractivity contribution in [3.63, 3.8) is 0 Å². The standard InChI is InChI=1S/C17H19ClN2O5S/c1-2-26(23,24)10-9-19-12-13-7-8-17(15(11-13)20(21)22)25-16-6-4-3-5-14(16)18/h3-8,11,19H,2,9-10,12H2,1H3. The van der Waals surface area contributed by atoms with Crippen LogP contribution in [0.3, 0.4) is 0 Å². The Morgan fingerprint density at radius 2 is 1.92 bits per heavy atom. The molecule has 0 aromatic heterocycles. The number of nitrogens with one attached hydrogen (secondary N) is 1. The fourth-order valence-electron chi connectivity index (χ4n) is 2.15. The molecule has 1 N–H and O–H groups in total. The summed E-state index contributed by atoms with van der Waals surface area (Å²) >= 11 is 6.02. The summed E-state index contributed by atoms with van der Waals surface area (Å²) in [6, 6.07) is 11.3. The maximum Gasteiger partial charge on any atom is 0.311 e. The maximum atomic E-state index is 11.4. The molecule has 0 spiro atoms. The zero-order chi connectivity index (χ0) is 19.2. The van der Waals surface area contributed by atoms with Crippen LogP contribution in [0.4, 0.5) is 5.69 Å². The largest absolute Gasteiger partial charge is 0.449 e. The van der Waals surface area contributed by atoms with E-state index < -0.39 is 14.8 Å². The summed E-state index contributed by atoms with van der Waals surface area (Å²) in [5, 5.41) is 14.7. The van der Waals surface area contributed by atoms with E-state index in [0.29, 0.717) is 22.9 Å². The van der Waals surface area contributed by atoms with E-state index in [0.717, 1.165) is 0 Å². The van der Waals surface area contributed by atoms with Crippen LogP contribution in [0.5, 0.6) is 11.5 Å². The molecule has 2 rings (SSSR count). The first-order valence-corrected chi connectivity index (χ1v) is 10.1. The third kappa shape index (κ3) is 5.69. The molecular weight excluding hydrogens is 380 g/mol. The fraction of sp³-hybridized carbons (Fsp3) is 0.294. The van der Waals surface area contributed by atoms with Gasteiger partial charge in [-0.1, -0.05) is 36.7 Å². The van der Waals surface area contributed by atoms with Gasteiger partial charge in [0.05, 0.1) is 15.7 Å². The zero-order valence-corrected chi connectivity index (χ0v) is 15.7. The molecule has 26 heavy (non-hydrogen) atoms. The number of hydrogen-bond acceptors (Lipinski definition) is 6. The molecule has 0 bridgehead atoms. The normalized spacial score (nSPS) is 11.3. The van der Waals surface area contributed by atoms with E-state index in [-0.39, 0.29) is 29.5 Å². The van der Waals surface area contributed by atoms with Crippen molar-refractivity contribution in [3.05, 3.63) is 63.2 Å². The van der Waals surface area contributed by atoms with Gasteiger partial charge < -0.3 is 10.1 Å². The highest BCUT2D eigenvalue weighted by Gasteiger charge is 2.17. The first-order chi connectivity index (χ1) is 12.3. The highest BCUT2D eigenvalue weighted by atomic mass is 35.5. The van der Waals surface area contributed by atoms with Crippen LogP contribution in [0.25, 0.3) is 0 Å². The van der Waals surface area contributed by atoms with Gasteiger partial charge in [0.15, 0.2) is 9.84 Å². The lowest BCUT2D eigenvalue weighted by atomic mass is 10.2. The lowest BCUT2D eigenvalue weighted by molar-refractivity contribution is -0.385. The summed E-state index contributed by atoms with van der Waals surface area (Å²) < 4.78 is 28.5. The monoisotopic (exact) mass is 398 g/mol. The van der Waals surface area contributed by atoms with Crippen LogP contribution in [0.15, 0.2) is 42.5 Å². The Morgan fingerprint density at radius 3 is 2.58 bits per heavy atom. The van der Waals surface area contributed by atoms with Gasteiger partial charge >= 0.3 is 5.69 Å². The van der Waals surface area contributed by atoms with E-state index in [1.54, 1.807) is 37.3 Å². The van der Waals surface area contributed by atoms with Crippen molar-refractivity contribution in [2.75, 3.05) is 18.1 Å². The minimum atomic E-state index is -3.04. The summed E-state index contributed by atoms with van der Waals surface area (Å²) in [6.07, 6.45) is 0. The molecule has 0 amide bonds. The molecule has 2 aromatic carbocycles. The SMILES string of the molecule is CCS(=O)(=O)CCNCc1ccc(Oc2ccccc2Cl)c([N+](=O)[O-])c1. The Labute approximate surface area is 157 Å². The van der Waals surface area contributed by atoms with E-state index in [1.165, 1.54) is 12.1 Å². The number of ether oxygens (including phenoxy) is 1. The zero-order valence-electron chi connectivity index (χ0n) is 14.1. The average molecular weight is 399 g/mol. The van der Waals surface area contributed by atoms with Crippen LogP contribution >= 0.6 is 11.6 Å². The molecule has 0 aliphatic carbocycles. The second-order valence-corrected chi connectivity index (χ2v) is 8.38. The Hall–Kier alpha value is -2.16. The Bertz CT molecular complexity index is 886. The van der Waals surface area contributed by atoms with Gasteiger partial charge in [-0.25, -0.2) is 8.42 Å². The van der Waals surface area contributed by atoms with Gasteiger partial charge in [0, 0.05) is 24.9 Å². The summed E-state index contributed by atoms with van der Waals surface area (Å²) in [5.74, 6) is 0.529. The van der Waals surface area contributed by atoms with Crippen molar-refractivity contribution in [2.45, 2.75) is 13.5 Å². The van der Waals surface area contributed by atoms with E-state index >= 15 is 0 Å². The molecule has 140 valence electrons. The van der Waals surface area contributed by atoms with Crippen LogP contribution in [0.2, 0.25) is 5.02 Å². The van der Waals surface area contributed by atoms with Gasteiger partial charge in [-0.15, -0.1) is 0 Å². The van der Waals surface area contributed by atoms with Crippen molar-refractivity contribution in [1.82, 2.24) is 5.32 Å². The smallest absolute Gasteiger partial charge is 0.311 e. The Balaban J connectivity index is 2.09. The summed E-state index contributed by atoms with van der Waals surface area (Å²) in [4.78, 5) is 10.8. The summed E-state index contributed by atoms with van der Waals surface area (Å²) in [5.41, 5.74) is 0.461. The predicted octanol–water partition coefficient (Wildman–Crippen LogP) is 3.56. The highest BCUT2D eigenvalue weighted by Crippen LogP contribution is 2.35. The van der Waals surface area contributed by atoms with E-state index in [9.17, 15) is 18.5 Å². The minimum absolute atomic E-state index is 0.0271. The number of sulfone groups is 1. The number of nitrogens with zero attached hydrogens (tertiary/aromatic N) is 1. The van der Waals surface area contributed by atoms with Gasteiger partial charge in [0.1, 0.15) is 5.75 Å². The third-order valence-corrected chi connectivity index (χ3v) is 5.65. The summed E-state index contributed by atoms with van der Waals surface area (Å²) in [7, 11) is -3.04. The minimum Gasteiger partial charge on any atom is -0.449 e. The molecule has 0 aliphatic heterocycles. The molecule has 0 atom stereocenters. The number of para-hydroxylation sites is 1. The van der Waals surface area contributed by atoms with Gasteiger partial charge in [-0.3, -0.25) is 10.1 Å². The van der Waals surface area contributed by atoms with Crippen molar-refractivity contribution < 1.29 is 18.1 Å². The molecule has 0 aliphatic rings. The first-order valence-electron chi connectivity index (χ1n) is 7.93. The van der Waals surface area contributed by atoms with Crippen LogP contribution in [0, 0.1) is 10.1 Å². The summed E-state index contributed by atoms with van der Waals surface area (Å²) in [6.45, 7) is 2.19. The van der Waals surface area contributed by atoms with Gasteiger partial charge in [0.2, 0.25) is 5.75 Å². The molecule has 0 saturated heterocycles. The maximum absolute atomic E-state index is 11.4. The lowest BCUT2D eigenvalue weighted by Crippen LogP contribution is -2.23. The van der Waals surface area contributed by atoms with E-state index in [1.807, 2.05) is 0 Å². The quantitative estimate of drug-likeness (QED) is 0.394. The van der Waals surface area contributed by atoms with Crippen molar-refractivity contribution in [2.24, 2.45) is 0 Å². The average Bonchev–Trinajstić information content (AvgIpc) is 2.61. The van der Waals surface area contributed by atoms with Gasteiger partial charge in [0.25, 0.3) is 0 Å². The number of halogens is 1. The fourth-order valence-corrected chi connectivity index (χ4v) is 3.07. The molecule has 0 unspecified atom stereocenters. The number of benzene rings is 2. The molecule has 7 nitrogen and oxygen atoms in total. The van der Waals surface area contributed by atoms with Crippen LogP contribution in [0.1, 0.15) is 12.5 Å².